The molecule has 174 valence electrons. The van der Waals surface area contributed by atoms with Crippen LogP contribution < -0.4 is 15.0 Å². The van der Waals surface area contributed by atoms with Gasteiger partial charge >= 0.3 is 6.36 Å². The molecule has 1 heterocycles. The predicted octanol–water partition coefficient (Wildman–Crippen LogP) is 7.29. The number of nitrogens with zero attached hydrogens (tertiary/aromatic N) is 1. The van der Waals surface area contributed by atoms with Crippen LogP contribution in [0.5, 0.6) is 5.75 Å². The van der Waals surface area contributed by atoms with E-state index in [0.29, 0.717) is 0 Å². The first-order valence-corrected chi connectivity index (χ1v) is 11.5. The van der Waals surface area contributed by atoms with Gasteiger partial charge in [0.1, 0.15) is 5.75 Å². The predicted molar refractivity (Wildman–Crippen MR) is 128 cm³/mol. The van der Waals surface area contributed by atoms with E-state index in [-0.39, 0.29) is 5.75 Å². The molecule has 6 heteroatoms. The highest BCUT2D eigenvalue weighted by Gasteiger charge is 2.31. The summed E-state index contributed by atoms with van der Waals surface area (Å²) in [6.07, 6.45) is 0.844. The number of benzene rings is 3. The number of ether oxygens (including phenoxy) is 1. The zero-order chi connectivity index (χ0) is 23.1. The number of rotatable bonds is 9. The van der Waals surface area contributed by atoms with Crippen molar-refractivity contribution in [2.75, 3.05) is 29.9 Å². The maximum atomic E-state index is 12.5. The summed E-state index contributed by atoms with van der Waals surface area (Å²) < 4.78 is 41.6. The molecule has 1 fully saturated rings. The van der Waals surface area contributed by atoms with Crippen molar-refractivity contribution in [3.8, 4) is 16.9 Å². The van der Waals surface area contributed by atoms with E-state index in [2.05, 4.69) is 57.4 Å². The van der Waals surface area contributed by atoms with Gasteiger partial charge in [0.2, 0.25) is 0 Å². The van der Waals surface area contributed by atoms with Crippen molar-refractivity contribution in [3.05, 3.63) is 78.4 Å². The molecule has 0 bridgehead atoms. The van der Waals surface area contributed by atoms with Crippen LogP contribution in [0.25, 0.3) is 11.1 Å². The molecule has 1 aliphatic rings. The second-order valence-electron chi connectivity index (χ2n) is 8.37. The van der Waals surface area contributed by atoms with Gasteiger partial charge in [0, 0.05) is 36.6 Å². The van der Waals surface area contributed by atoms with E-state index < -0.39 is 6.36 Å². The maximum Gasteiger partial charge on any atom is 0.573 e. The van der Waals surface area contributed by atoms with Crippen LogP contribution in [0.2, 0.25) is 0 Å². The Hall–Kier alpha value is -3.15. The molecule has 0 aromatic heterocycles. The zero-order valence-corrected chi connectivity index (χ0v) is 18.6. The van der Waals surface area contributed by atoms with Gasteiger partial charge < -0.3 is 15.0 Å². The fraction of sp³-hybridized carbons (Fsp3) is 0.333. The highest BCUT2D eigenvalue weighted by atomic mass is 19.4. The Morgan fingerprint density at radius 1 is 0.848 bits per heavy atom. The lowest BCUT2D eigenvalue weighted by Gasteiger charge is -2.23. The monoisotopic (exact) mass is 454 g/mol. The van der Waals surface area contributed by atoms with Crippen LogP contribution in [0.15, 0.2) is 72.8 Å². The van der Waals surface area contributed by atoms with E-state index in [1.54, 1.807) is 12.1 Å². The van der Waals surface area contributed by atoms with E-state index in [9.17, 15) is 13.2 Å². The minimum atomic E-state index is -4.69. The third kappa shape index (κ3) is 6.67. The Morgan fingerprint density at radius 2 is 1.58 bits per heavy atom. The van der Waals surface area contributed by atoms with Gasteiger partial charge in [0.15, 0.2) is 0 Å². The molecule has 0 spiro atoms. The van der Waals surface area contributed by atoms with Crippen LogP contribution in [-0.4, -0.2) is 26.0 Å². The highest BCUT2D eigenvalue weighted by Crippen LogP contribution is 2.36. The van der Waals surface area contributed by atoms with Crippen molar-refractivity contribution in [3.63, 3.8) is 0 Å². The molecule has 1 aliphatic heterocycles. The van der Waals surface area contributed by atoms with Gasteiger partial charge in [-0.05, 0) is 73.6 Å². The molecule has 0 radical (unpaired) electrons. The summed E-state index contributed by atoms with van der Waals surface area (Å²) in [5, 5.41) is 3.51. The number of hydrogen-bond acceptors (Lipinski definition) is 3. The Labute approximate surface area is 193 Å². The van der Waals surface area contributed by atoms with E-state index in [0.717, 1.165) is 74.2 Å². The standard InChI is InChI=1S/C27H29F3N2O/c28-27(29,30)33-24-14-11-22(12-15-24)25-20-23(13-16-26(25)32-18-6-7-19-32)31-17-5-4-10-21-8-2-1-3-9-21/h1-3,8-9,11-16,20,31H,4-7,10,17-19H2. The van der Waals surface area contributed by atoms with Gasteiger partial charge in [-0.2, -0.15) is 0 Å². The Balaban J connectivity index is 1.44. The van der Waals surface area contributed by atoms with Crippen molar-refractivity contribution in [1.82, 2.24) is 0 Å². The zero-order valence-electron chi connectivity index (χ0n) is 18.6. The lowest BCUT2D eigenvalue weighted by molar-refractivity contribution is -0.274. The van der Waals surface area contributed by atoms with Gasteiger partial charge in [0.25, 0.3) is 0 Å². The second-order valence-corrected chi connectivity index (χ2v) is 8.37. The van der Waals surface area contributed by atoms with Crippen molar-refractivity contribution in [2.45, 2.75) is 38.5 Å². The van der Waals surface area contributed by atoms with Crippen molar-refractivity contribution in [2.24, 2.45) is 0 Å². The Bertz CT molecular complexity index is 1010. The second kappa shape index (κ2) is 10.6. The Kier molecular flexibility index (Phi) is 7.43. The molecule has 33 heavy (non-hydrogen) atoms. The van der Waals surface area contributed by atoms with E-state index in [4.69, 9.17) is 0 Å². The number of halogens is 3. The lowest BCUT2D eigenvalue weighted by atomic mass is 10.0. The number of unbranched alkanes of at least 4 members (excludes halogenated alkanes) is 1. The van der Waals surface area contributed by atoms with Crippen molar-refractivity contribution in [1.29, 1.82) is 0 Å². The largest absolute Gasteiger partial charge is 0.573 e. The van der Waals surface area contributed by atoms with E-state index in [1.807, 2.05) is 6.07 Å². The average molecular weight is 455 g/mol. The molecule has 0 unspecified atom stereocenters. The molecule has 0 atom stereocenters. The summed E-state index contributed by atoms with van der Waals surface area (Å²) in [6, 6.07) is 22.9. The van der Waals surface area contributed by atoms with Crippen LogP contribution in [0, 0.1) is 0 Å². The van der Waals surface area contributed by atoms with Gasteiger partial charge in [0.05, 0.1) is 0 Å². The highest BCUT2D eigenvalue weighted by molar-refractivity contribution is 5.82. The van der Waals surface area contributed by atoms with Crippen LogP contribution >= 0.6 is 0 Å². The van der Waals surface area contributed by atoms with Crippen molar-refractivity contribution < 1.29 is 17.9 Å². The summed E-state index contributed by atoms with van der Waals surface area (Å²) in [7, 11) is 0. The van der Waals surface area contributed by atoms with Crippen LogP contribution in [-0.2, 0) is 6.42 Å². The van der Waals surface area contributed by atoms with Gasteiger partial charge in [-0.15, -0.1) is 13.2 Å². The lowest BCUT2D eigenvalue weighted by Crippen LogP contribution is -2.18. The molecule has 0 saturated carbocycles. The fourth-order valence-corrected chi connectivity index (χ4v) is 4.28. The molecular weight excluding hydrogens is 425 g/mol. The number of aryl methyl sites for hydroxylation is 1. The van der Waals surface area contributed by atoms with Crippen LogP contribution in [0.4, 0.5) is 24.5 Å². The van der Waals surface area contributed by atoms with Gasteiger partial charge in [-0.3, -0.25) is 0 Å². The summed E-state index contributed by atoms with van der Waals surface area (Å²) in [4.78, 5) is 2.35. The molecule has 4 rings (SSSR count). The van der Waals surface area contributed by atoms with Crippen LogP contribution in [0.1, 0.15) is 31.2 Å². The average Bonchev–Trinajstić information content (AvgIpc) is 3.34. The molecule has 0 amide bonds. The van der Waals surface area contributed by atoms with E-state index >= 15 is 0 Å². The molecule has 1 N–H and O–H groups in total. The fourth-order valence-electron chi connectivity index (χ4n) is 4.28. The van der Waals surface area contributed by atoms with E-state index in [1.165, 1.54) is 17.7 Å². The molecule has 3 aromatic carbocycles. The minimum absolute atomic E-state index is 0.207. The first kappa shape index (κ1) is 23.0. The smallest absolute Gasteiger partial charge is 0.406 e. The first-order valence-electron chi connectivity index (χ1n) is 11.5. The molecule has 0 aliphatic carbocycles. The number of hydrogen-bond donors (Lipinski definition) is 1. The Morgan fingerprint density at radius 3 is 2.27 bits per heavy atom. The topological polar surface area (TPSA) is 24.5 Å². The molecule has 3 nitrogen and oxygen atoms in total. The molecule has 3 aromatic rings. The van der Waals surface area contributed by atoms with Crippen molar-refractivity contribution >= 4 is 11.4 Å². The van der Waals surface area contributed by atoms with Crippen LogP contribution in [0.3, 0.4) is 0 Å². The SMILES string of the molecule is FC(F)(F)Oc1ccc(-c2cc(NCCCCc3ccccc3)ccc2N2CCCC2)cc1. The van der Waals surface area contributed by atoms with Gasteiger partial charge in [-0.1, -0.05) is 42.5 Å². The maximum absolute atomic E-state index is 12.5. The summed E-state index contributed by atoms with van der Waals surface area (Å²) in [5.74, 6) is -0.207. The third-order valence-electron chi connectivity index (χ3n) is 5.91. The summed E-state index contributed by atoms with van der Waals surface area (Å²) >= 11 is 0. The molecule has 1 saturated heterocycles. The summed E-state index contributed by atoms with van der Waals surface area (Å²) in [6.45, 7) is 2.86. The summed E-state index contributed by atoms with van der Waals surface area (Å²) in [5.41, 5.74) is 5.38. The minimum Gasteiger partial charge on any atom is -0.406 e. The van der Waals surface area contributed by atoms with Gasteiger partial charge in [-0.25, -0.2) is 0 Å². The molecular formula is C27H29F3N2O. The quantitative estimate of drug-likeness (QED) is 0.344. The first-order chi connectivity index (χ1) is 16.0. The third-order valence-corrected chi connectivity index (χ3v) is 5.91. The number of alkyl halides is 3. The normalized spacial score (nSPS) is 13.8. The number of anilines is 2. The number of nitrogens with one attached hydrogen (secondary N) is 1.